The lowest BCUT2D eigenvalue weighted by Crippen LogP contribution is -2.33. The molecule has 0 aliphatic carbocycles. The fraction of sp³-hybridized carbons (Fsp3) is 0.462. The van der Waals surface area contributed by atoms with Crippen molar-refractivity contribution in [2.45, 2.75) is 25.0 Å². The van der Waals surface area contributed by atoms with Crippen molar-refractivity contribution in [1.82, 2.24) is 25.1 Å². The molecule has 0 N–H and O–H groups in total. The number of rotatable bonds is 8. The minimum atomic E-state index is -0.00609. The number of nitrogens with zero attached hydrogens (tertiary/aromatic N) is 6. The predicted octanol–water partition coefficient (Wildman–Crippen LogP) is 1.64. The van der Waals surface area contributed by atoms with Gasteiger partial charge in [0.05, 0.1) is 24.8 Å². The highest BCUT2D eigenvalue weighted by atomic mass is 32.2. The van der Waals surface area contributed by atoms with Gasteiger partial charge in [0, 0.05) is 18.0 Å². The molecule has 0 saturated heterocycles. The molecule has 0 aromatic carbocycles. The fourth-order valence-electron chi connectivity index (χ4n) is 1.81. The maximum Gasteiger partial charge on any atom is 0.233 e. The Bertz CT molecular complexity index is 633. The van der Waals surface area contributed by atoms with E-state index in [0.29, 0.717) is 31.2 Å². The Morgan fingerprint density at radius 2 is 2.45 bits per heavy atom. The number of aromatic nitrogens is 4. The van der Waals surface area contributed by atoms with E-state index in [9.17, 15) is 4.79 Å². The molecule has 9 heteroatoms. The van der Waals surface area contributed by atoms with Gasteiger partial charge in [-0.2, -0.15) is 5.26 Å². The zero-order valence-electron chi connectivity index (χ0n) is 12.2. The van der Waals surface area contributed by atoms with Crippen molar-refractivity contribution in [3.63, 3.8) is 0 Å². The van der Waals surface area contributed by atoms with Gasteiger partial charge in [-0.15, -0.1) is 16.4 Å². The highest BCUT2D eigenvalue weighted by Crippen LogP contribution is 2.17. The van der Waals surface area contributed by atoms with Crippen LogP contribution in [0.4, 0.5) is 0 Å². The average molecular weight is 336 g/mol. The quantitative estimate of drug-likeness (QED) is 0.681. The second-order valence-electron chi connectivity index (χ2n) is 4.37. The predicted molar refractivity (Wildman–Crippen MR) is 84.4 cm³/mol. The molecule has 2 rings (SSSR count). The van der Waals surface area contributed by atoms with Crippen LogP contribution in [0, 0.1) is 11.3 Å². The Kier molecular flexibility index (Phi) is 6.36. The number of hydrogen-bond acceptors (Lipinski definition) is 7. The number of carbonyl (C=O) groups excluding carboxylic acids is 1. The van der Waals surface area contributed by atoms with Gasteiger partial charge in [0.25, 0.3) is 0 Å². The molecular weight excluding hydrogens is 320 g/mol. The van der Waals surface area contributed by atoms with Crippen molar-refractivity contribution in [3.05, 3.63) is 22.4 Å². The summed E-state index contributed by atoms with van der Waals surface area (Å²) < 4.78 is 1.69. The summed E-state index contributed by atoms with van der Waals surface area (Å²) in [6, 6.07) is 6.06. The number of hydrogen-bond donors (Lipinski definition) is 0. The number of tetrazole rings is 1. The Balaban J connectivity index is 1.90. The van der Waals surface area contributed by atoms with Crippen molar-refractivity contribution in [2.75, 3.05) is 18.8 Å². The maximum absolute atomic E-state index is 12.1. The largest absolute Gasteiger partial charge is 0.341 e. The first-order chi connectivity index (χ1) is 10.7. The Hall–Kier alpha value is -1.92. The van der Waals surface area contributed by atoms with E-state index in [2.05, 4.69) is 21.6 Å². The van der Waals surface area contributed by atoms with Gasteiger partial charge in [0.1, 0.15) is 0 Å². The van der Waals surface area contributed by atoms with E-state index < -0.39 is 0 Å². The second kappa shape index (κ2) is 8.51. The van der Waals surface area contributed by atoms with Crippen LogP contribution < -0.4 is 0 Å². The summed E-state index contributed by atoms with van der Waals surface area (Å²) >= 11 is 2.96. The Morgan fingerprint density at radius 1 is 1.59 bits per heavy atom. The molecule has 116 valence electrons. The highest BCUT2D eigenvalue weighted by molar-refractivity contribution is 7.99. The summed E-state index contributed by atoms with van der Waals surface area (Å²) in [7, 11) is 0. The van der Waals surface area contributed by atoms with Gasteiger partial charge in [-0.3, -0.25) is 4.79 Å². The van der Waals surface area contributed by atoms with E-state index in [-0.39, 0.29) is 11.7 Å². The second-order valence-corrected chi connectivity index (χ2v) is 6.34. The molecule has 2 aromatic rings. The molecule has 0 unspecified atom stereocenters. The molecule has 2 heterocycles. The number of carbonyl (C=O) groups is 1. The highest BCUT2D eigenvalue weighted by Gasteiger charge is 2.15. The monoisotopic (exact) mass is 336 g/mol. The van der Waals surface area contributed by atoms with E-state index >= 15 is 0 Å². The molecule has 7 nitrogen and oxygen atoms in total. The van der Waals surface area contributed by atoms with Gasteiger partial charge in [0.2, 0.25) is 11.1 Å². The molecule has 0 bridgehead atoms. The smallest absolute Gasteiger partial charge is 0.233 e. The van der Waals surface area contributed by atoms with E-state index in [4.69, 9.17) is 5.26 Å². The van der Waals surface area contributed by atoms with Crippen LogP contribution in [-0.2, 0) is 11.3 Å². The van der Waals surface area contributed by atoms with Gasteiger partial charge >= 0.3 is 0 Å². The molecule has 0 saturated carbocycles. The number of thiophene rings is 1. The summed E-state index contributed by atoms with van der Waals surface area (Å²) in [6.45, 7) is 3.57. The third-order valence-corrected chi connectivity index (χ3v) is 4.74. The minimum absolute atomic E-state index is 0.00609. The van der Waals surface area contributed by atoms with Gasteiger partial charge in [0.15, 0.2) is 0 Å². The topological polar surface area (TPSA) is 87.7 Å². The van der Waals surface area contributed by atoms with E-state index in [0.717, 1.165) is 4.88 Å². The van der Waals surface area contributed by atoms with Gasteiger partial charge in [-0.25, -0.2) is 4.68 Å². The van der Waals surface area contributed by atoms with Gasteiger partial charge in [-0.1, -0.05) is 17.8 Å². The molecule has 0 radical (unpaired) electrons. The van der Waals surface area contributed by atoms with Crippen molar-refractivity contribution in [1.29, 1.82) is 5.26 Å². The first kappa shape index (κ1) is 16.5. The van der Waals surface area contributed by atoms with Crippen LogP contribution in [0.25, 0.3) is 0 Å². The van der Waals surface area contributed by atoms with Crippen molar-refractivity contribution >= 4 is 29.0 Å². The summed E-state index contributed by atoms with van der Waals surface area (Å²) in [6.07, 6.45) is 0.348. The minimum Gasteiger partial charge on any atom is -0.341 e. The average Bonchev–Trinajstić information content (AvgIpc) is 3.18. The first-order valence-electron chi connectivity index (χ1n) is 6.80. The molecule has 0 aliphatic rings. The molecule has 0 spiro atoms. The summed E-state index contributed by atoms with van der Waals surface area (Å²) in [5.74, 6) is 0.262. The molecule has 0 aliphatic heterocycles. The van der Waals surface area contributed by atoms with E-state index in [1.54, 1.807) is 20.9 Å². The molecule has 22 heavy (non-hydrogen) atoms. The number of amides is 1. The first-order valence-corrected chi connectivity index (χ1v) is 8.67. The van der Waals surface area contributed by atoms with Crippen LogP contribution in [0.5, 0.6) is 0 Å². The van der Waals surface area contributed by atoms with Crippen LogP contribution >= 0.6 is 23.1 Å². The molecule has 0 fully saturated rings. The van der Waals surface area contributed by atoms with Crippen molar-refractivity contribution in [3.8, 4) is 6.07 Å². The van der Waals surface area contributed by atoms with E-state index in [1.165, 1.54) is 11.8 Å². The zero-order chi connectivity index (χ0) is 15.8. The van der Waals surface area contributed by atoms with Gasteiger partial charge < -0.3 is 4.90 Å². The SMILES string of the molecule is CCN(CCC#N)C(=O)CSc1nnnn1Cc1cccs1. The van der Waals surface area contributed by atoms with Crippen molar-refractivity contribution < 1.29 is 4.79 Å². The van der Waals surface area contributed by atoms with Crippen LogP contribution in [0.1, 0.15) is 18.2 Å². The lowest BCUT2D eigenvalue weighted by atomic mass is 10.4. The standard InChI is InChI=1S/C13H16N6OS2/c1-2-18(7-4-6-14)12(20)10-22-13-15-16-17-19(13)9-11-5-3-8-21-11/h3,5,8H,2,4,7,9-10H2,1H3. The van der Waals surface area contributed by atoms with Crippen LogP contribution in [0.3, 0.4) is 0 Å². The van der Waals surface area contributed by atoms with Crippen LogP contribution in [0.15, 0.2) is 22.7 Å². The summed E-state index contributed by atoms with van der Waals surface area (Å²) in [5.41, 5.74) is 0. The number of thioether (sulfide) groups is 1. The zero-order valence-corrected chi connectivity index (χ0v) is 13.8. The lowest BCUT2D eigenvalue weighted by Gasteiger charge is -2.18. The fourth-order valence-corrected chi connectivity index (χ4v) is 3.28. The Morgan fingerprint density at radius 3 is 3.14 bits per heavy atom. The molecule has 2 aromatic heterocycles. The third kappa shape index (κ3) is 4.54. The number of nitriles is 1. The normalized spacial score (nSPS) is 10.4. The third-order valence-electron chi connectivity index (χ3n) is 2.94. The summed E-state index contributed by atoms with van der Waals surface area (Å²) in [5, 5.41) is 22.8. The Labute approximate surface area is 136 Å². The van der Waals surface area contributed by atoms with Crippen LogP contribution in [0.2, 0.25) is 0 Å². The molecular formula is C13H16N6OS2. The maximum atomic E-state index is 12.1. The van der Waals surface area contributed by atoms with Crippen LogP contribution in [-0.4, -0.2) is 49.9 Å². The summed E-state index contributed by atoms with van der Waals surface area (Å²) in [4.78, 5) is 15.0. The lowest BCUT2D eigenvalue weighted by molar-refractivity contribution is -0.128. The van der Waals surface area contributed by atoms with Gasteiger partial charge in [-0.05, 0) is 28.8 Å². The molecule has 0 atom stereocenters. The molecule has 1 amide bonds. The van der Waals surface area contributed by atoms with Crippen molar-refractivity contribution in [2.24, 2.45) is 0 Å². The van der Waals surface area contributed by atoms with E-state index in [1.807, 2.05) is 24.4 Å².